The van der Waals surface area contributed by atoms with Crippen LogP contribution in [0.2, 0.25) is 0 Å². The number of rotatable bonds is 7. The van der Waals surface area contributed by atoms with Gasteiger partial charge in [0.1, 0.15) is 17.4 Å². The minimum absolute atomic E-state index is 0.0563. The van der Waals surface area contributed by atoms with Crippen LogP contribution in [-0.2, 0) is 12.8 Å². The first-order valence-electron chi connectivity index (χ1n) is 9.79. The molecule has 5 nitrogen and oxygen atoms in total. The Hall–Kier alpha value is -2.67. The maximum absolute atomic E-state index is 14.2. The van der Waals surface area contributed by atoms with Crippen molar-refractivity contribution in [2.45, 2.75) is 18.9 Å². The lowest BCUT2D eigenvalue weighted by molar-refractivity contribution is 0.282. The van der Waals surface area contributed by atoms with Crippen molar-refractivity contribution in [3.8, 4) is 5.75 Å². The van der Waals surface area contributed by atoms with Gasteiger partial charge < -0.3 is 20.3 Å². The van der Waals surface area contributed by atoms with Crippen molar-refractivity contribution in [2.75, 3.05) is 40.8 Å². The molecule has 2 aromatic rings. The summed E-state index contributed by atoms with van der Waals surface area (Å²) in [6.45, 7) is 1.77. The highest BCUT2D eigenvalue weighted by molar-refractivity contribution is 5.79. The molecule has 1 aliphatic rings. The molecule has 7 heteroatoms. The number of nitrogens with one attached hydrogen (secondary N) is 2. The molecule has 3 rings (SSSR count). The second kappa shape index (κ2) is 9.69. The first-order chi connectivity index (χ1) is 14.0. The molecule has 29 heavy (non-hydrogen) atoms. The van der Waals surface area contributed by atoms with Crippen LogP contribution < -0.4 is 15.4 Å². The van der Waals surface area contributed by atoms with Gasteiger partial charge in [0, 0.05) is 32.1 Å². The number of halogens is 2. The summed E-state index contributed by atoms with van der Waals surface area (Å²) < 4.78 is 33.9. The molecule has 0 saturated heterocycles. The minimum Gasteiger partial charge on any atom is -0.493 e. The Labute approximate surface area is 170 Å². The summed E-state index contributed by atoms with van der Waals surface area (Å²) in [5.41, 5.74) is 2.54. The van der Waals surface area contributed by atoms with E-state index in [4.69, 9.17) is 4.74 Å². The lowest BCUT2D eigenvalue weighted by Crippen LogP contribution is -2.42. The van der Waals surface area contributed by atoms with Gasteiger partial charge in [-0.15, -0.1) is 0 Å². The molecule has 1 aliphatic heterocycles. The van der Waals surface area contributed by atoms with E-state index in [1.165, 1.54) is 29.3 Å². The zero-order chi connectivity index (χ0) is 20.8. The van der Waals surface area contributed by atoms with E-state index in [-0.39, 0.29) is 5.56 Å². The predicted octanol–water partition coefficient (Wildman–Crippen LogP) is 2.91. The highest BCUT2D eigenvalue weighted by Crippen LogP contribution is 2.26. The summed E-state index contributed by atoms with van der Waals surface area (Å²) in [6, 6.07) is 9.75. The lowest BCUT2D eigenvalue weighted by atomic mass is 10.0. The molecule has 0 radical (unpaired) electrons. The number of guanidine groups is 1. The Balaban J connectivity index is 1.55. The smallest absolute Gasteiger partial charge is 0.191 e. The highest BCUT2D eigenvalue weighted by Gasteiger charge is 2.22. The van der Waals surface area contributed by atoms with Gasteiger partial charge in [0.2, 0.25) is 0 Å². The Morgan fingerprint density at radius 3 is 2.62 bits per heavy atom. The average Bonchev–Trinajstić information content (AvgIpc) is 3.16. The number of nitrogens with zero attached hydrogens (tertiary/aromatic N) is 2. The van der Waals surface area contributed by atoms with Crippen LogP contribution >= 0.6 is 0 Å². The topological polar surface area (TPSA) is 48.9 Å². The number of ether oxygens (including phenoxy) is 1. The maximum Gasteiger partial charge on any atom is 0.191 e. The predicted molar refractivity (Wildman–Crippen MR) is 111 cm³/mol. The van der Waals surface area contributed by atoms with Crippen molar-refractivity contribution < 1.29 is 13.5 Å². The van der Waals surface area contributed by atoms with E-state index in [0.29, 0.717) is 19.0 Å². The van der Waals surface area contributed by atoms with Gasteiger partial charge >= 0.3 is 0 Å². The zero-order valence-electron chi connectivity index (χ0n) is 17.1. The Bertz CT molecular complexity index is 850. The standard InChI is InChI=1S/C22H28F2N4O/c1-25-22(26-11-9-15-7-8-20-16(13-15)10-12-29-20)27-14-19(28(2)3)21-17(23)5-4-6-18(21)24/h4-8,13,19H,9-12,14H2,1-3H3,(H2,25,26,27). The number of hydrogen-bond donors (Lipinski definition) is 2. The maximum atomic E-state index is 14.2. The fourth-order valence-corrected chi connectivity index (χ4v) is 3.51. The molecule has 156 valence electrons. The van der Waals surface area contributed by atoms with Crippen molar-refractivity contribution in [2.24, 2.45) is 4.99 Å². The van der Waals surface area contributed by atoms with Crippen molar-refractivity contribution in [1.82, 2.24) is 15.5 Å². The number of hydrogen-bond acceptors (Lipinski definition) is 3. The van der Waals surface area contributed by atoms with Crippen LogP contribution in [0, 0.1) is 11.6 Å². The van der Waals surface area contributed by atoms with Crippen LogP contribution in [0.25, 0.3) is 0 Å². The monoisotopic (exact) mass is 402 g/mol. The fourth-order valence-electron chi connectivity index (χ4n) is 3.51. The summed E-state index contributed by atoms with van der Waals surface area (Å²) in [5.74, 6) is 0.482. The van der Waals surface area contributed by atoms with Gasteiger partial charge in [0.15, 0.2) is 5.96 Å². The molecule has 0 bridgehead atoms. The molecular formula is C22H28F2N4O. The van der Waals surface area contributed by atoms with Crippen LogP contribution in [0.15, 0.2) is 41.4 Å². The molecule has 1 atom stereocenters. The third-order valence-electron chi connectivity index (χ3n) is 5.10. The van der Waals surface area contributed by atoms with E-state index in [9.17, 15) is 8.78 Å². The molecule has 1 heterocycles. The summed E-state index contributed by atoms with van der Waals surface area (Å²) in [7, 11) is 5.27. The van der Waals surface area contributed by atoms with Crippen LogP contribution in [0.3, 0.4) is 0 Å². The average molecular weight is 402 g/mol. The van der Waals surface area contributed by atoms with E-state index >= 15 is 0 Å². The van der Waals surface area contributed by atoms with Gasteiger partial charge in [-0.25, -0.2) is 8.78 Å². The number of fused-ring (bicyclic) bond motifs is 1. The van der Waals surface area contributed by atoms with Gasteiger partial charge in [0.05, 0.1) is 12.6 Å². The quantitative estimate of drug-likeness (QED) is 0.552. The van der Waals surface area contributed by atoms with E-state index in [0.717, 1.165) is 25.2 Å². The Morgan fingerprint density at radius 2 is 1.93 bits per heavy atom. The van der Waals surface area contributed by atoms with E-state index in [2.05, 4.69) is 27.8 Å². The number of likely N-dealkylation sites (N-methyl/N-ethyl adjacent to an activating group) is 1. The van der Waals surface area contributed by atoms with Gasteiger partial charge in [0.25, 0.3) is 0 Å². The molecule has 0 fully saturated rings. The number of benzene rings is 2. The SMILES string of the molecule is CN=C(NCCc1ccc2c(c1)CCO2)NCC(c1c(F)cccc1F)N(C)C. The molecule has 0 aromatic heterocycles. The normalized spacial score (nSPS) is 14.5. The third kappa shape index (κ3) is 5.23. The minimum atomic E-state index is -0.547. The third-order valence-corrected chi connectivity index (χ3v) is 5.10. The largest absolute Gasteiger partial charge is 0.493 e. The van der Waals surface area contributed by atoms with Crippen molar-refractivity contribution in [3.05, 3.63) is 64.7 Å². The lowest BCUT2D eigenvalue weighted by Gasteiger charge is -2.26. The molecule has 2 N–H and O–H groups in total. The van der Waals surface area contributed by atoms with E-state index in [1.807, 2.05) is 6.07 Å². The van der Waals surface area contributed by atoms with Crippen LogP contribution in [0.1, 0.15) is 22.7 Å². The molecule has 0 spiro atoms. The Morgan fingerprint density at radius 1 is 1.17 bits per heavy atom. The fraction of sp³-hybridized carbons (Fsp3) is 0.409. The van der Waals surface area contributed by atoms with Crippen molar-refractivity contribution in [3.63, 3.8) is 0 Å². The van der Waals surface area contributed by atoms with Gasteiger partial charge in [-0.05, 0) is 49.8 Å². The molecule has 0 aliphatic carbocycles. The summed E-state index contributed by atoms with van der Waals surface area (Å²) in [4.78, 5) is 6.00. The summed E-state index contributed by atoms with van der Waals surface area (Å²) in [6.07, 6.45) is 1.80. The van der Waals surface area contributed by atoms with Crippen molar-refractivity contribution >= 4 is 5.96 Å². The van der Waals surface area contributed by atoms with Crippen LogP contribution in [-0.4, -0.2) is 51.7 Å². The highest BCUT2D eigenvalue weighted by atomic mass is 19.1. The van der Waals surface area contributed by atoms with E-state index in [1.54, 1.807) is 26.0 Å². The van der Waals surface area contributed by atoms with Crippen LogP contribution in [0.5, 0.6) is 5.75 Å². The molecular weight excluding hydrogens is 374 g/mol. The summed E-state index contributed by atoms with van der Waals surface area (Å²) >= 11 is 0. The van der Waals surface area contributed by atoms with Gasteiger partial charge in [-0.1, -0.05) is 18.2 Å². The Kier molecular flexibility index (Phi) is 7.04. The molecule has 2 aromatic carbocycles. The first-order valence-corrected chi connectivity index (χ1v) is 9.79. The molecule has 1 unspecified atom stereocenters. The van der Waals surface area contributed by atoms with Crippen LogP contribution in [0.4, 0.5) is 8.78 Å². The van der Waals surface area contributed by atoms with Crippen molar-refractivity contribution in [1.29, 1.82) is 0 Å². The summed E-state index contributed by atoms with van der Waals surface area (Å²) in [5, 5.41) is 6.44. The molecule has 0 amide bonds. The van der Waals surface area contributed by atoms with E-state index < -0.39 is 17.7 Å². The number of aliphatic imine (C=N–C) groups is 1. The van der Waals surface area contributed by atoms with Gasteiger partial charge in [-0.3, -0.25) is 4.99 Å². The second-order valence-corrected chi connectivity index (χ2v) is 7.29. The second-order valence-electron chi connectivity index (χ2n) is 7.29. The molecule has 0 saturated carbocycles. The zero-order valence-corrected chi connectivity index (χ0v) is 17.1. The van der Waals surface area contributed by atoms with Gasteiger partial charge in [-0.2, -0.15) is 0 Å². The first kappa shape index (κ1) is 21.0.